The Balaban J connectivity index is 1.72. The average Bonchev–Trinajstić information content (AvgIpc) is 2.48. The summed E-state index contributed by atoms with van der Waals surface area (Å²) in [5, 5.41) is 6.22. The average molecular weight is 385 g/mol. The quantitative estimate of drug-likeness (QED) is 0.579. The van der Waals surface area contributed by atoms with Crippen molar-refractivity contribution in [3.05, 3.63) is 64.1 Å². The molecule has 0 aliphatic heterocycles. The molecule has 0 heterocycles. The lowest BCUT2D eigenvalue weighted by molar-refractivity contribution is 0.626. The first kappa shape index (κ1) is 16.8. The number of anilines is 1. The maximum atomic E-state index is 13.6. The third-order valence-corrected chi connectivity index (χ3v) is 3.76. The van der Waals surface area contributed by atoms with Crippen molar-refractivity contribution in [1.29, 1.82) is 0 Å². The molecule has 2 rings (SSSR count). The van der Waals surface area contributed by atoms with E-state index in [1.165, 1.54) is 18.2 Å². The number of thiocarbonyl (C=S) groups is 1. The Kier molecular flexibility index (Phi) is 6.27. The van der Waals surface area contributed by atoms with E-state index in [0.29, 0.717) is 21.8 Å². The summed E-state index contributed by atoms with van der Waals surface area (Å²) < 4.78 is 27.1. The van der Waals surface area contributed by atoms with Gasteiger partial charge in [-0.3, -0.25) is 0 Å². The van der Waals surface area contributed by atoms with E-state index in [1.807, 2.05) is 0 Å². The zero-order valence-corrected chi connectivity index (χ0v) is 14.1. The number of hydrogen-bond donors (Lipinski definition) is 2. The molecule has 6 heteroatoms. The number of benzene rings is 2. The minimum atomic E-state index is -0.371. The predicted octanol–water partition coefficient (Wildman–Crippen LogP) is 4.65. The Labute approximate surface area is 142 Å². The smallest absolute Gasteiger partial charge is 0.170 e. The third kappa shape index (κ3) is 5.35. The summed E-state index contributed by atoms with van der Waals surface area (Å²) in [5.74, 6) is -0.603. The minimum absolute atomic E-state index is 0.233. The molecule has 0 amide bonds. The predicted molar refractivity (Wildman–Crippen MR) is 93.0 cm³/mol. The first-order valence-electron chi connectivity index (χ1n) is 6.79. The molecule has 22 heavy (non-hydrogen) atoms. The molecule has 2 N–H and O–H groups in total. The summed E-state index contributed by atoms with van der Waals surface area (Å²) in [6.07, 6.45) is 1.67. The summed E-state index contributed by atoms with van der Waals surface area (Å²) in [4.78, 5) is 0. The lowest BCUT2D eigenvalue weighted by Gasteiger charge is -2.11. The van der Waals surface area contributed by atoms with Crippen LogP contribution in [0.15, 0.2) is 46.9 Å². The maximum absolute atomic E-state index is 13.6. The van der Waals surface area contributed by atoms with Crippen LogP contribution in [0.1, 0.15) is 12.0 Å². The van der Waals surface area contributed by atoms with Gasteiger partial charge in [0.1, 0.15) is 11.6 Å². The van der Waals surface area contributed by atoms with Gasteiger partial charge in [-0.2, -0.15) is 0 Å². The summed E-state index contributed by atoms with van der Waals surface area (Å²) in [7, 11) is 0. The monoisotopic (exact) mass is 384 g/mol. The lowest BCUT2D eigenvalue weighted by Crippen LogP contribution is -2.29. The molecule has 2 aromatic carbocycles. The highest BCUT2D eigenvalue weighted by Crippen LogP contribution is 2.19. The zero-order chi connectivity index (χ0) is 15.9. The first-order chi connectivity index (χ1) is 10.5. The van der Waals surface area contributed by atoms with Crippen molar-refractivity contribution >= 4 is 38.9 Å². The molecule has 2 nitrogen and oxygen atoms in total. The molecule has 0 saturated carbocycles. The maximum Gasteiger partial charge on any atom is 0.170 e. The van der Waals surface area contributed by atoms with Crippen LogP contribution in [-0.2, 0) is 6.42 Å². The van der Waals surface area contributed by atoms with Gasteiger partial charge in [0.25, 0.3) is 0 Å². The number of rotatable bonds is 5. The van der Waals surface area contributed by atoms with E-state index in [2.05, 4.69) is 26.6 Å². The van der Waals surface area contributed by atoms with Gasteiger partial charge in [0.2, 0.25) is 0 Å². The molecular formula is C16H15BrF2N2S. The van der Waals surface area contributed by atoms with E-state index in [4.69, 9.17) is 12.2 Å². The van der Waals surface area contributed by atoms with Gasteiger partial charge in [0.15, 0.2) is 5.11 Å². The van der Waals surface area contributed by atoms with E-state index >= 15 is 0 Å². The molecule has 2 aromatic rings. The fraction of sp³-hybridized carbons (Fsp3) is 0.188. The van der Waals surface area contributed by atoms with Crippen LogP contribution in [0.4, 0.5) is 14.5 Å². The summed E-state index contributed by atoms with van der Waals surface area (Å²) in [5.41, 5.74) is 1.40. The van der Waals surface area contributed by atoms with Crippen molar-refractivity contribution in [2.75, 3.05) is 11.9 Å². The van der Waals surface area contributed by atoms with Crippen LogP contribution in [0.3, 0.4) is 0 Å². The first-order valence-corrected chi connectivity index (χ1v) is 7.99. The molecule has 0 spiro atoms. The topological polar surface area (TPSA) is 24.1 Å². The summed E-state index contributed by atoms with van der Waals surface area (Å²) >= 11 is 8.33. The van der Waals surface area contributed by atoms with Crippen LogP contribution < -0.4 is 10.6 Å². The minimum Gasteiger partial charge on any atom is -0.362 e. The summed E-state index contributed by atoms with van der Waals surface area (Å²) in [6.45, 7) is 0.654. The molecule has 116 valence electrons. The SMILES string of the molecule is Fc1ccc(CCCNC(=S)Nc2ccc(Br)cc2F)cc1. The molecule has 0 aliphatic rings. The van der Waals surface area contributed by atoms with Gasteiger partial charge in [-0.05, 0) is 61.0 Å². The molecule has 0 atom stereocenters. The molecule has 0 radical (unpaired) electrons. The normalized spacial score (nSPS) is 10.3. The highest BCUT2D eigenvalue weighted by Gasteiger charge is 2.04. The fourth-order valence-corrected chi connectivity index (χ4v) is 2.45. The molecular weight excluding hydrogens is 370 g/mol. The molecule has 0 fully saturated rings. The van der Waals surface area contributed by atoms with Crippen LogP contribution in [-0.4, -0.2) is 11.7 Å². The van der Waals surface area contributed by atoms with Gasteiger partial charge in [0, 0.05) is 11.0 Å². The van der Waals surface area contributed by atoms with Crippen LogP contribution >= 0.6 is 28.1 Å². The van der Waals surface area contributed by atoms with E-state index in [1.54, 1.807) is 24.3 Å². The highest BCUT2D eigenvalue weighted by atomic mass is 79.9. The van der Waals surface area contributed by atoms with Crippen LogP contribution in [0.5, 0.6) is 0 Å². The molecule has 0 unspecified atom stereocenters. The Hall–Kier alpha value is -1.53. The second-order valence-corrected chi connectivity index (χ2v) is 6.06. The molecule has 0 aromatic heterocycles. The number of hydrogen-bond acceptors (Lipinski definition) is 1. The molecule has 0 bridgehead atoms. The van der Waals surface area contributed by atoms with Crippen LogP contribution in [0, 0.1) is 11.6 Å². The van der Waals surface area contributed by atoms with E-state index in [-0.39, 0.29) is 11.6 Å². The lowest BCUT2D eigenvalue weighted by atomic mass is 10.1. The van der Waals surface area contributed by atoms with Crippen molar-refractivity contribution in [3.63, 3.8) is 0 Å². The van der Waals surface area contributed by atoms with Gasteiger partial charge in [-0.1, -0.05) is 28.1 Å². The van der Waals surface area contributed by atoms with E-state index in [0.717, 1.165) is 18.4 Å². The van der Waals surface area contributed by atoms with Crippen molar-refractivity contribution in [2.45, 2.75) is 12.8 Å². The van der Waals surface area contributed by atoms with Gasteiger partial charge in [-0.15, -0.1) is 0 Å². The van der Waals surface area contributed by atoms with E-state index < -0.39 is 0 Å². The number of nitrogens with one attached hydrogen (secondary N) is 2. The van der Waals surface area contributed by atoms with Crippen LogP contribution in [0.2, 0.25) is 0 Å². The zero-order valence-electron chi connectivity index (χ0n) is 11.7. The van der Waals surface area contributed by atoms with Crippen molar-refractivity contribution < 1.29 is 8.78 Å². The van der Waals surface area contributed by atoms with Crippen molar-refractivity contribution in [3.8, 4) is 0 Å². The number of halogens is 3. The second-order valence-electron chi connectivity index (χ2n) is 4.74. The Bertz CT molecular complexity index is 647. The largest absolute Gasteiger partial charge is 0.362 e. The fourth-order valence-electron chi connectivity index (χ4n) is 1.90. The standard InChI is InChI=1S/C16H15BrF2N2S/c17-12-5-8-15(14(19)10-12)21-16(22)20-9-1-2-11-3-6-13(18)7-4-11/h3-8,10H,1-2,9H2,(H2,20,21,22). The van der Waals surface area contributed by atoms with Gasteiger partial charge in [0.05, 0.1) is 5.69 Å². The Morgan fingerprint density at radius 3 is 2.50 bits per heavy atom. The highest BCUT2D eigenvalue weighted by molar-refractivity contribution is 9.10. The van der Waals surface area contributed by atoms with Gasteiger partial charge < -0.3 is 10.6 Å². The Morgan fingerprint density at radius 1 is 1.09 bits per heavy atom. The van der Waals surface area contributed by atoms with Gasteiger partial charge >= 0.3 is 0 Å². The van der Waals surface area contributed by atoms with E-state index in [9.17, 15) is 8.78 Å². The third-order valence-electron chi connectivity index (χ3n) is 3.02. The van der Waals surface area contributed by atoms with Crippen molar-refractivity contribution in [1.82, 2.24) is 5.32 Å². The van der Waals surface area contributed by atoms with Crippen LogP contribution in [0.25, 0.3) is 0 Å². The second kappa shape index (κ2) is 8.19. The number of aryl methyl sites for hydroxylation is 1. The van der Waals surface area contributed by atoms with Gasteiger partial charge in [-0.25, -0.2) is 8.78 Å². The molecule has 0 aliphatic carbocycles. The Morgan fingerprint density at radius 2 is 1.82 bits per heavy atom. The molecule has 0 saturated heterocycles. The van der Waals surface area contributed by atoms with Crippen molar-refractivity contribution in [2.24, 2.45) is 0 Å². The summed E-state index contributed by atoms with van der Waals surface area (Å²) in [6, 6.07) is 11.2.